The van der Waals surface area contributed by atoms with Gasteiger partial charge in [-0.25, -0.2) is 9.78 Å². The number of carbonyl (C=O) groups is 1. The van der Waals surface area contributed by atoms with E-state index in [-0.39, 0.29) is 12.0 Å². The van der Waals surface area contributed by atoms with Gasteiger partial charge in [0.05, 0.1) is 24.9 Å². The van der Waals surface area contributed by atoms with Crippen LogP contribution in [0, 0.1) is 6.92 Å². The van der Waals surface area contributed by atoms with Crippen LogP contribution in [0.25, 0.3) is 0 Å². The number of aromatic nitrogens is 1. The van der Waals surface area contributed by atoms with E-state index in [2.05, 4.69) is 20.6 Å². The average molecular weight is 425 g/mol. The van der Waals surface area contributed by atoms with Gasteiger partial charge < -0.3 is 20.1 Å². The summed E-state index contributed by atoms with van der Waals surface area (Å²) < 4.78 is 10.7. The summed E-state index contributed by atoms with van der Waals surface area (Å²) >= 11 is 7.18. The highest BCUT2D eigenvalue weighted by Crippen LogP contribution is 2.24. The van der Waals surface area contributed by atoms with Gasteiger partial charge in [0.15, 0.2) is 5.96 Å². The quantitative estimate of drug-likeness (QED) is 0.291. The first-order chi connectivity index (χ1) is 13.4. The number of benzene rings is 1. The largest absolute Gasteiger partial charge is 0.492 e. The molecule has 0 aliphatic rings. The van der Waals surface area contributed by atoms with Crippen LogP contribution in [-0.2, 0) is 4.74 Å². The van der Waals surface area contributed by atoms with Crippen LogP contribution >= 0.6 is 22.9 Å². The van der Waals surface area contributed by atoms with Crippen LogP contribution in [-0.4, -0.2) is 43.7 Å². The smallest absolute Gasteiger partial charge is 0.350 e. The zero-order chi connectivity index (χ0) is 20.5. The van der Waals surface area contributed by atoms with Crippen LogP contribution in [0.4, 0.5) is 0 Å². The lowest BCUT2D eigenvalue weighted by atomic mass is 10.3. The van der Waals surface area contributed by atoms with E-state index in [0.717, 1.165) is 10.8 Å². The molecule has 0 fully saturated rings. The van der Waals surface area contributed by atoms with Crippen molar-refractivity contribution in [1.82, 2.24) is 15.6 Å². The number of hydrogen-bond acceptors (Lipinski definition) is 6. The summed E-state index contributed by atoms with van der Waals surface area (Å²) in [6, 6.07) is 7.10. The molecule has 28 heavy (non-hydrogen) atoms. The molecular formula is C19H25ClN4O3S. The SMILES string of the molecule is CCOC(=O)c1sc(C(C)NC(=NC)NCCOc2ccc(Cl)cc2)nc1C. The summed E-state index contributed by atoms with van der Waals surface area (Å²) in [6.45, 7) is 6.93. The molecule has 0 radical (unpaired) electrons. The maximum atomic E-state index is 12.0. The fourth-order valence-electron chi connectivity index (χ4n) is 2.32. The zero-order valence-corrected chi connectivity index (χ0v) is 18.0. The van der Waals surface area contributed by atoms with E-state index in [1.165, 1.54) is 11.3 Å². The Morgan fingerprint density at radius 3 is 2.71 bits per heavy atom. The fraction of sp³-hybridized carbons (Fsp3) is 0.421. The first-order valence-electron chi connectivity index (χ1n) is 8.94. The predicted octanol–water partition coefficient (Wildman–Crippen LogP) is 3.59. The van der Waals surface area contributed by atoms with E-state index in [4.69, 9.17) is 21.1 Å². The van der Waals surface area contributed by atoms with Gasteiger partial charge in [0, 0.05) is 12.1 Å². The van der Waals surface area contributed by atoms with Crippen molar-refractivity contribution in [3.8, 4) is 5.75 Å². The highest BCUT2D eigenvalue weighted by atomic mass is 35.5. The number of aryl methyl sites for hydroxylation is 1. The van der Waals surface area contributed by atoms with Crippen LogP contribution in [0.3, 0.4) is 0 Å². The topological polar surface area (TPSA) is 84.8 Å². The monoisotopic (exact) mass is 424 g/mol. The number of guanidine groups is 1. The molecule has 0 saturated carbocycles. The Hall–Kier alpha value is -2.32. The first-order valence-corrected chi connectivity index (χ1v) is 10.1. The number of aliphatic imine (C=N–C) groups is 1. The van der Waals surface area contributed by atoms with Gasteiger partial charge in [0.2, 0.25) is 0 Å². The Balaban J connectivity index is 1.84. The standard InChI is InChI=1S/C19H25ClN4O3S/c1-5-26-18(25)16-12(2)23-17(28-16)13(3)24-19(21-4)22-10-11-27-15-8-6-14(20)7-9-15/h6-9,13H,5,10-11H2,1-4H3,(H2,21,22,24). The van der Waals surface area contributed by atoms with E-state index in [0.29, 0.717) is 41.3 Å². The van der Waals surface area contributed by atoms with Crippen molar-refractivity contribution >= 4 is 34.9 Å². The molecule has 152 valence electrons. The number of thiazole rings is 1. The van der Waals surface area contributed by atoms with E-state index < -0.39 is 0 Å². The van der Waals surface area contributed by atoms with Crippen molar-refractivity contribution < 1.29 is 14.3 Å². The molecule has 1 aromatic heterocycles. The number of hydrogen-bond donors (Lipinski definition) is 2. The molecule has 9 heteroatoms. The van der Waals surface area contributed by atoms with Crippen LogP contribution in [0.2, 0.25) is 5.02 Å². The number of ether oxygens (including phenoxy) is 2. The number of carbonyl (C=O) groups excluding carboxylic acids is 1. The second kappa shape index (κ2) is 10.9. The zero-order valence-electron chi connectivity index (χ0n) is 16.4. The third kappa shape index (κ3) is 6.38. The Kier molecular flexibility index (Phi) is 8.53. The van der Waals surface area contributed by atoms with Crippen LogP contribution in [0.1, 0.15) is 40.3 Å². The molecule has 1 aromatic carbocycles. The summed E-state index contributed by atoms with van der Waals surface area (Å²) in [7, 11) is 1.69. The van der Waals surface area contributed by atoms with E-state index in [9.17, 15) is 4.79 Å². The lowest BCUT2D eigenvalue weighted by Gasteiger charge is -2.16. The maximum absolute atomic E-state index is 12.0. The van der Waals surface area contributed by atoms with Gasteiger partial charge in [-0.3, -0.25) is 4.99 Å². The number of halogens is 1. The minimum atomic E-state index is -0.335. The molecule has 0 saturated heterocycles. The summed E-state index contributed by atoms with van der Waals surface area (Å²) in [5, 5.41) is 7.92. The predicted molar refractivity (Wildman–Crippen MR) is 113 cm³/mol. The van der Waals surface area contributed by atoms with Gasteiger partial charge in [-0.15, -0.1) is 11.3 Å². The Labute approximate surface area is 174 Å². The summed E-state index contributed by atoms with van der Waals surface area (Å²) in [6.07, 6.45) is 0. The lowest BCUT2D eigenvalue weighted by Crippen LogP contribution is -2.40. The second-order valence-electron chi connectivity index (χ2n) is 5.85. The molecule has 0 bridgehead atoms. The normalized spacial score (nSPS) is 12.4. The first kappa shape index (κ1) is 22.0. The molecule has 1 heterocycles. The van der Waals surface area contributed by atoms with Crippen molar-refractivity contribution in [3.05, 3.63) is 44.9 Å². The van der Waals surface area contributed by atoms with E-state index in [1.807, 2.05) is 19.1 Å². The van der Waals surface area contributed by atoms with Gasteiger partial charge in [0.1, 0.15) is 22.2 Å². The highest BCUT2D eigenvalue weighted by Gasteiger charge is 2.20. The molecule has 0 aliphatic carbocycles. The van der Waals surface area contributed by atoms with Gasteiger partial charge in [-0.1, -0.05) is 11.6 Å². The van der Waals surface area contributed by atoms with Gasteiger partial charge in [-0.05, 0) is 45.0 Å². The number of rotatable bonds is 8. The second-order valence-corrected chi connectivity index (χ2v) is 7.32. The minimum Gasteiger partial charge on any atom is -0.492 e. The molecule has 2 aromatic rings. The molecular weight excluding hydrogens is 400 g/mol. The summed E-state index contributed by atoms with van der Waals surface area (Å²) in [5.41, 5.74) is 0.673. The fourth-order valence-corrected chi connectivity index (χ4v) is 3.41. The summed E-state index contributed by atoms with van der Waals surface area (Å²) in [5.74, 6) is 1.04. The average Bonchev–Trinajstić information content (AvgIpc) is 3.07. The Morgan fingerprint density at radius 2 is 2.07 bits per heavy atom. The highest BCUT2D eigenvalue weighted by molar-refractivity contribution is 7.13. The van der Waals surface area contributed by atoms with Crippen molar-refractivity contribution in [2.45, 2.75) is 26.8 Å². The molecule has 2 N–H and O–H groups in total. The van der Waals surface area contributed by atoms with Gasteiger partial charge >= 0.3 is 5.97 Å². The molecule has 0 aliphatic heterocycles. The number of nitrogens with zero attached hydrogens (tertiary/aromatic N) is 2. The number of esters is 1. The Bertz CT molecular complexity index is 808. The lowest BCUT2D eigenvalue weighted by molar-refractivity contribution is 0.0531. The van der Waals surface area contributed by atoms with Crippen molar-refractivity contribution in [1.29, 1.82) is 0 Å². The molecule has 1 atom stereocenters. The van der Waals surface area contributed by atoms with Crippen LogP contribution in [0.15, 0.2) is 29.3 Å². The molecule has 0 spiro atoms. The minimum absolute atomic E-state index is 0.115. The third-order valence-corrected chi connectivity index (χ3v) is 5.27. The molecule has 2 rings (SSSR count). The van der Waals surface area contributed by atoms with Crippen molar-refractivity contribution in [2.24, 2.45) is 4.99 Å². The van der Waals surface area contributed by atoms with E-state index >= 15 is 0 Å². The third-order valence-electron chi connectivity index (χ3n) is 3.70. The summed E-state index contributed by atoms with van der Waals surface area (Å²) in [4.78, 5) is 21.2. The maximum Gasteiger partial charge on any atom is 0.350 e. The Morgan fingerprint density at radius 1 is 1.36 bits per heavy atom. The van der Waals surface area contributed by atoms with Crippen molar-refractivity contribution in [2.75, 3.05) is 26.8 Å². The van der Waals surface area contributed by atoms with Crippen LogP contribution in [0.5, 0.6) is 5.75 Å². The molecule has 1 unspecified atom stereocenters. The molecule has 0 amide bonds. The van der Waals surface area contributed by atoms with E-state index in [1.54, 1.807) is 33.0 Å². The number of nitrogens with one attached hydrogen (secondary N) is 2. The molecule has 7 nitrogen and oxygen atoms in total. The van der Waals surface area contributed by atoms with Crippen molar-refractivity contribution in [3.63, 3.8) is 0 Å². The van der Waals surface area contributed by atoms with Gasteiger partial charge in [-0.2, -0.15) is 0 Å². The van der Waals surface area contributed by atoms with Gasteiger partial charge in [0.25, 0.3) is 0 Å². The van der Waals surface area contributed by atoms with Crippen LogP contribution < -0.4 is 15.4 Å².